The van der Waals surface area contributed by atoms with Gasteiger partial charge in [-0.05, 0) is 43.2 Å². The Morgan fingerprint density at radius 3 is 1.29 bits per heavy atom. The molecule has 2 N–H and O–H groups in total. The molecule has 34 heavy (non-hydrogen) atoms. The predicted molar refractivity (Wildman–Crippen MR) is 148 cm³/mol. The average molecular weight is 493 g/mol. The highest BCUT2D eigenvalue weighted by atomic mass is 32.1. The lowest BCUT2D eigenvalue weighted by atomic mass is 10.0. The van der Waals surface area contributed by atoms with Gasteiger partial charge in [0, 0.05) is 6.92 Å². The topological polar surface area (TPSA) is 68.2 Å². The lowest BCUT2D eigenvalue weighted by Gasteiger charge is -2.20. The largest absolute Gasteiger partial charge is 0.409 e. The third kappa shape index (κ3) is 20.0. The number of anilines is 1. The molecule has 0 spiro atoms. The van der Waals surface area contributed by atoms with Crippen molar-refractivity contribution < 1.29 is 4.42 Å². The summed E-state index contributed by atoms with van der Waals surface area (Å²) in [4.78, 5) is 2.68. The van der Waals surface area contributed by atoms with E-state index in [4.69, 9.17) is 5.73 Å². The van der Waals surface area contributed by atoms with Gasteiger partial charge in [-0.15, -0.1) is 5.10 Å². The SMILES string of the molecule is CCN1CCCCCCCCCCCCCCCCCCC1.Cc1nnc(N)o1.c1ccsc1. The van der Waals surface area contributed by atoms with Crippen molar-refractivity contribution in [1.29, 1.82) is 0 Å². The predicted octanol–water partition coefficient (Wildman–Crippen LogP) is 8.66. The standard InChI is InChI=1S/C21H43N.C4H4S.C3H5N3O/c1-2-22-20-18-16-14-12-10-8-6-4-3-5-7-9-11-13-15-17-19-21-22;1-2-4-5-3-1;1-2-5-6-3(4)7-2/h2-21H2,1H3;1-4H;1H3,(H2,4,6). The molecule has 0 unspecified atom stereocenters. The van der Waals surface area contributed by atoms with Crippen LogP contribution in [-0.4, -0.2) is 34.7 Å². The Morgan fingerprint density at radius 1 is 0.706 bits per heavy atom. The molecule has 1 saturated heterocycles. The maximum atomic E-state index is 5.04. The van der Waals surface area contributed by atoms with Gasteiger partial charge in [-0.3, -0.25) is 0 Å². The van der Waals surface area contributed by atoms with E-state index in [2.05, 4.69) is 26.4 Å². The zero-order valence-corrected chi connectivity index (χ0v) is 23.0. The fraction of sp³-hybridized carbons (Fsp3) is 0.786. The molecular formula is C28H52N4OS. The second-order valence-corrected chi connectivity index (χ2v) is 10.2. The number of aromatic nitrogens is 2. The monoisotopic (exact) mass is 492 g/mol. The van der Waals surface area contributed by atoms with Crippen LogP contribution in [0.5, 0.6) is 0 Å². The van der Waals surface area contributed by atoms with Crippen molar-refractivity contribution in [2.24, 2.45) is 0 Å². The van der Waals surface area contributed by atoms with Gasteiger partial charge >= 0.3 is 6.01 Å². The summed E-state index contributed by atoms with van der Waals surface area (Å²) in [7, 11) is 0. The molecule has 0 aliphatic carbocycles. The van der Waals surface area contributed by atoms with Crippen LogP contribution in [0, 0.1) is 6.92 Å². The Balaban J connectivity index is 0.000000385. The highest BCUT2D eigenvalue weighted by Crippen LogP contribution is 2.15. The van der Waals surface area contributed by atoms with Crippen LogP contribution in [0.2, 0.25) is 0 Å². The molecule has 0 radical (unpaired) electrons. The molecule has 0 bridgehead atoms. The highest BCUT2D eigenvalue weighted by molar-refractivity contribution is 7.07. The van der Waals surface area contributed by atoms with Crippen molar-refractivity contribution in [3.8, 4) is 0 Å². The Bertz CT molecular complexity index is 578. The fourth-order valence-corrected chi connectivity index (χ4v) is 4.74. The lowest BCUT2D eigenvalue weighted by molar-refractivity contribution is 0.273. The molecule has 6 heteroatoms. The number of nitrogen functional groups attached to an aromatic ring is 1. The molecule has 0 amide bonds. The first-order valence-electron chi connectivity index (χ1n) is 14.0. The summed E-state index contributed by atoms with van der Waals surface area (Å²) >= 11 is 1.71. The van der Waals surface area contributed by atoms with Crippen LogP contribution >= 0.6 is 11.3 Å². The van der Waals surface area contributed by atoms with E-state index < -0.39 is 0 Å². The Kier molecular flexibility index (Phi) is 21.0. The summed E-state index contributed by atoms with van der Waals surface area (Å²) in [6.45, 7) is 7.95. The second kappa shape index (κ2) is 23.3. The van der Waals surface area contributed by atoms with Crippen LogP contribution in [0.15, 0.2) is 27.3 Å². The first-order valence-corrected chi connectivity index (χ1v) is 14.9. The summed E-state index contributed by atoms with van der Waals surface area (Å²) in [5, 5.41) is 10.9. The summed E-state index contributed by atoms with van der Waals surface area (Å²) < 4.78 is 4.64. The quantitative estimate of drug-likeness (QED) is 0.431. The van der Waals surface area contributed by atoms with Gasteiger partial charge in [-0.25, -0.2) is 0 Å². The number of nitrogens with two attached hydrogens (primary N) is 1. The van der Waals surface area contributed by atoms with Crippen LogP contribution in [0.3, 0.4) is 0 Å². The van der Waals surface area contributed by atoms with Crippen molar-refractivity contribution in [3.05, 3.63) is 28.8 Å². The van der Waals surface area contributed by atoms with E-state index in [9.17, 15) is 0 Å². The Hall–Kier alpha value is -1.40. The molecule has 0 aromatic carbocycles. The smallest absolute Gasteiger partial charge is 0.312 e. The normalized spacial score (nSPS) is 18.5. The van der Waals surface area contributed by atoms with E-state index in [1.807, 2.05) is 22.9 Å². The lowest BCUT2D eigenvalue weighted by Crippen LogP contribution is -2.25. The van der Waals surface area contributed by atoms with Gasteiger partial charge < -0.3 is 15.1 Å². The minimum Gasteiger partial charge on any atom is -0.409 e. The molecule has 1 aliphatic heterocycles. The molecule has 196 valence electrons. The molecule has 5 nitrogen and oxygen atoms in total. The van der Waals surface area contributed by atoms with Gasteiger partial charge in [-0.2, -0.15) is 11.3 Å². The molecule has 0 saturated carbocycles. The summed E-state index contributed by atoms with van der Waals surface area (Å²) in [6, 6.07) is 4.16. The molecule has 2 aromatic heterocycles. The van der Waals surface area contributed by atoms with Gasteiger partial charge in [0.05, 0.1) is 0 Å². The van der Waals surface area contributed by atoms with Crippen molar-refractivity contribution in [2.75, 3.05) is 25.4 Å². The zero-order valence-electron chi connectivity index (χ0n) is 22.2. The Morgan fingerprint density at radius 2 is 1.09 bits per heavy atom. The molecular weight excluding hydrogens is 440 g/mol. The van der Waals surface area contributed by atoms with E-state index >= 15 is 0 Å². The maximum absolute atomic E-state index is 5.04. The van der Waals surface area contributed by atoms with Crippen molar-refractivity contribution in [2.45, 2.75) is 123 Å². The fourth-order valence-electron chi connectivity index (χ4n) is 4.29. The number of rotatable bonds is 1. The number of aryl methyl sites for hydroxylation is 1. The average Bonchev–Trinajstić information content (AvgIpc) is 3.54. The van der Waals surface area contributed by atoms with E-state index in [1.165, 1.54) is 129 Å². The maximum Gasteiger partial charge on any atom is 0.312 e. The van der Waals surface area contributed by atoms with Crippen molar-refractivity contribution in [3.63, 3.8) is 0 Å². The van der Waals surface area contributed by atoms with Gasteiger partial charge in [0.1, 0.15) is 0 Å². The molecule has 1 fully saturated rings. The summed E-state index contributed by atoms with van der Waals surface area (Å²) in [6.07, 6.45) is 25.1. The highest BCUT2D eigenvalue weighted by Gasteiger charge is 2.02. The van der Waals surface area contributed by atoms with E-state index in [1.54, 1.807) is 18.3 Å². The van der Waals surface area contributed by atoms with Crippen molar-refractivity contribution >= 4 is 17.4 Å². The minimum atomic E-state index is 0.123. The Labute approximate surface area is 213 Å². The number of thiophene rings is 1. The third-order valence-corrected chi connectivity index (χ3v) is 6.99. The van der Waals surface area contributed by atoms with E-state index in [0.717, 1.165) is 0 Å². The summed E-state index contributed by atoms with van der Waals surface area (Å²) in [5.41, 5.74) is 5.04. The minimum absolute atomic E-state index is 0.123. The van der Waals surface area contributed by atoms with Gasteiger partial charge in [-0.1, -0.05) is 120 Å². The first kappa shape index (κ1) is 30.6. The van der Waals surface area contributed by atoms with E-state index in [0.29, 0.717) is 5.89 Å². The van der Waals surface area contributed by atoms with Gasteiger partial charge in [0.2, 0.25) is 5.89 Å². The third-order valence-electron chi connectivity index (χ3n) is 6.36. The number of hydrogen-bond acceptors (Lipinski definition) is 6. The summed E-state index contributed by atoms with van der Waals surface area (Å²) in [5.74, 6) is 0.498. The molecule has 0 atom stereocenters. The molecule has 3 rings (SSSR count). The number of hydrogen-bond donors (Lipinski definition) is 1. The van der Waals surface area contributed by atoms with Crippen LogP contribution in [-0.2, 0) is 0 Å². The van der Waals surface area contributed by atoms with Gasteiger partial charge in [0.25, 0.3) is 0 Å². The number of nitrogens with zero attached hydrogens (tertiary/aromatic N) is 3. The van der Waals surface area contributed by atoms with Crippen LogP contribution < -0.4 is 5.73 Å². The molecule has 1 aliphatic rings. The first-order chi connectivity index (χ1) is 16.7. The van der Waals surface area contributed by atoms with Crippen LogP contribution in [0.1, 0.15) is 122 Å². The second-order valence-electron chi connectivity index (χ2n) is 9.40. The molecule has 3 heterocycles. The zero-order chi connectivity index (χ0) is 24.5. The van der Waals surface area contributed by atoms with Crippen molar-refractivity contribution in [1.82, 2.24) is 15.1 Å². The van der Waals surface area contributed by atoms with Crippen LogP contribution in [0.4, 0.5) is 6.01 Å². The van der Waals surface area contributed by atoms with Gasteiger partial charge in [0.15, 0.2) is 0 Å². The van der Waals surface area contributed by atoms with Crippen LogP contribution in [0.25, 0.3) is 0 Å². The van der Waals surface area contributed by atoms with E-state index in [-0.39, 0.29) is 6.01 Å². The molecule has 2 aromatic rings.